The third-order valence-electron chi connectivity index (χ3n) is 6.41. The van der Waals surface area contributed by atoms with Crippen LogP contribution in [0.1, 0.15) is 53.3 Å². The number of aryl methyl sites for hydroxylation is 2. The molecule has 7 nitrogen and oxygen atoms in total. The van der Waals surface area contributed by atoms with Gasteiger partial charge in [0.25, 0.3) is 5.91 Å². The summed E-state index contributed by atoms with van der Waals surface area (Å²) >= 11 is 0. The molecule has 0 radical (unpaired) electrons. The van der Waals surface area contributed by atoms with Gasteiger partial charge in [0.15, 0.2) is 0 Å². The van der Waals surface area contributed by atoms with Gasteiger partial charge in [0.1, 0.15) is 5.69 Å². The Balaban J connectivity index is 1.33. The number of hydrogen-bond acceptors (Lipinski definition) is 4. The molecular weight excluding hydrogens is 400 g/mol. The van der Waals surface area contributed by atoms with Gasteiger partial charge in [-0.2, -0.15) is 10.2 Å². The zero-order valence-electron chi connectivity index (χ0n) is 19.8. The average Bonchev–Trinajstić information content (AvgIpc) is 3.31. The number of nitrogens with zero attached hydrogens (tertiary/aromatic N) is 4. The minimum Gasteiger partial charge on any atom is -0.347 e. The molecule has 3 aromatic rings. The molecule has 0 saturated carbocycles. The van der Waals surface area contributed by atoms with Crippen LogP contribution in [0.2, 0.25) is 0 Å². The van der Waals surface area contributed by atoms with Gasteiger partial charge >= 0.3 is 0 Å². The fourth-order valence-corrected chi connectivity index (χ4v) is 4.93. The Hall–Kier alpha value is -2.93. The van der Waals surface area contributed by atoms with E-state index in [1.54, 1.807) is 6.07 Å². The van der Waals surface area contributed by atoms with Crippen molar-refractivity contribution in [3.05, 3.63) is 58.5 Å². The molecule has 1 aromatic carbocycles. The fraction of sp³-hybridized carbons (Fsp3) is 0.480. The van der Waals surface area contributed by atoms with Crippen molar-refractivity contribution in [2.45, 2.75) is 47.2 Å². The Morgan fingerprint density at radius 3 is 2.41 bits per heavy atom. The number of carbonyl (C=O) groups is 1. The minimum atomic E-state index is -0.164. The minimum absolute atomic E-state index is 0.164. The van der Waals surface area contributed by atoms with Crippen molar-refractivity contribution in [1.82, 2.24) is 30.2 Å². The summed E-state index contributed by atoms with van der Waals surface area (Å²) in [6.07, 6.45) is 1.33. The highest BCUT2D eigenvalue weighted by Crippen LogP contribution is 2.25. The molecule has 0 spiro atoms. The third-order valence-corrected chi connectivity index (χ3v) is 6.41. The van der Waals surface area contributed by atoms with E-state index < -0.39 is 0 Å². The lowest BCUT2D eigenvalue weighted by atomic mass is 9.91. The highest BCUT2D eigenvalue weighted by molar-refractivity contribution is 5.93. The van der Waals surface area contributed by atoms with Gasteiger partial charge in [-0.1, -0.05) is 38.1 Å². The van der Waals surface area contributed by atoms with Gasteiger partial charge in [0, 0.05) is 44.5 Å². The molecule has 3 heterocycles. The number of likely N-dealkylation sites (tertiary alicyclic amines) is 1. The number of nitrogens with one attached hydrogen (secondary N) is 2. The zero-order chi connectivity index (χ0) is 22.8. The Kier molecular flexibility index (Phi) is 6.46. The molecule has 0 bridgehead atoms. The van der Waals surface area contributed by atoms with Crippen LogP contribution in [0, 0.1) is 25.7 Å². The maximum absolute atomic E-state index is 12.6. The highest BCUT2D eigenvalue weighted by Gasteiger charge is 2.21. The first kappa shape index (κ1) is 22.3. The molecule has 1 aliphatic heterocycles. The number of aromatic nitrogens is 4. The normalized spacial score (nSPS) is 19.3. The highest BCUT2D eigenvalue weighted by atomic mass is 16.1. The summed E-state index contributed by atoms with van der Waals surface area (Å²) in [4.78, 5) is 15.2. The van der Waals surface area contributed by atoms with Crippen molar-refractivity contribution in [3.8, 4) is 11.3 Å². The van der Waals surface area contributed by atoms with E-state index in [0.717, 1.165) is 46.6 Å². The molecule has 7 heteroatoms. The fourth-order valence-electron chi connectivity index (χ4n) is 4.93. The summed E-state index contributed by atoms with van der Waals surface area (Å²) in [5, 5.41) is 14.6. The third kappa shape index (κ3) is 4.93. The Morgan fingerprint density at radius 1 is 1.12 bits per heavy atom. The monoisotopic (exact) mass is 434 g/mol. The summed E-state index contributed by atoms with van der Waals surface area (Å²) in [5.74, 6) is 1.37. The predicted molar refractivity (Wildman–Crippen MR) is 126 cm³/mol. The van der Waals surface area contributed by atoms with Crippen molar-refractivity contribution < 1.29 is 4.79 Å². The molecule has 2 aromatic heterocycles. The molecule has 0 aliphatic carbocycles. The molecule has 2 unspecified atom stereocenters. The number of aromatic amines is 1. The van der Waals surface area contributed by atoms with E-state index >= 15 is 0 Å². The van der Waals surface area contributed by atoms with Crippen LogP contribution >= 0.6 is 0 Å². The standard InChI is InChI=1S/C25H34N6O/c1-16-10-17(2)14-31(13-16)15-21-8-6-20(7-9-21)12-26-25(32)23-11-22(27-28-23)24-18(3)29-30(5)19(24)4/h6-9,11,16-17H,10,12-15H2,1-5H3,(H,26,32)(H,27,28). The van der Waals surface area contributed by atoms with Gasteiger partial charge in [0.05, 0.1) is 11.4 Å². The van der Waals surface area contributed by atoms with Gasteiger partial charge in [-0.05, 0) is 49.3 Å². The van der Waals surface area contributed by atoms with E-state index in [1.807, 2.05) is 25.6 Å². The molecule has 4 rings (SSSR count). The number of carbonyl (C=O) groups excluding carboxylic acids is 1. The second-order valence-electron chi connectivity index (χ2n) is 9.48. The molecule has 2 atom stereocenters. The Morgan fingerprint density at radius 2 is 1.78 bits per heavy atom. The number of rotatable bonds is 6. The number of hydrogen-bond donors (Lipinski definition) is 2. The van der Waals surface area contributed by atoms with Gasteiger partial charge in [-0.3, -0.25) is 19.5 Å². The molecule has 1 fully saturated rings. The molecule has 1 aliphatic rings. The second-order valence-corrected chi connectivity index (χ2v) is 9.48. The van der Waals surface area contributed by atoms with Crippen molar-refractivity contribution in [2.24, 2.45) is 18.9 Å². The topological polar surface area (TPSA) is 78.8 Å². The van der Waals surface area contributed by atoms with Gasteiger partial charge in [0.2, 0.25) is 0 Å². The van der Waals surface area contributed by atoms with E-state index in [0.29, 0.717) is 12.2 Å². The summed E-state index contributed by atoms with van der Waals surface area (Å²) in [7, 11) is 1.91. The average molecular weight is 435 g/mol. The molecule has 32 heavy (non-hydrogen) atoms. The number of piperidine rings is 1. The first-order valence-electron chi connectivity index (χ1n) is 11.4. The van der Waals surface area contributed by atoms with Crippen LogP contribution in [-0.4, -0.2) is 43.9 Å². The van der Waals surface area contributed by atoms with Crippen LogP contribution < -0.4 is 5.32 Å². The number of benzene rings is 1. The molecule has 1 amide bonds. The van der Waals surface area contributed by atoms with E-state index in [-0.39, 0.29) is 5.91 Å². The van der Waals surface area contributed by atoms with Crippen LogP contribution in [-0.2, 0) is 20.1 Å². The Labute approximate surface area is 190 Å². The maximum atomic E-state index is 12.6. The lowest BCUT2D eigenvalue weighted by Gasteiger charge is -2.35. The lowest BCUT2D eigenvalue weighted by molar-refractivity contribution is 0.0946. The summed E-state index contributed by atoms with van der Waals surface area (Å²) < 4.78 is 1.83. The quantitative estimate of drug-likeness (QED) is 0.618. The maximum Gasteiger partial charge on any atom is 0.269 e. The van der Waals surface area contributed by atoms with E-state index in [1.165, 1.54) is 25.1 Å². The molecule has 1 saturated heterocycles. The van der Waals surface area contributed by atoms with E-state index in [2.05, 4.69) is 63.6 Å². The van der Waals surface area contributed by atoms with Crippen molar-refractivity contribution >= 4 is 5.91 Å². The largest absolute Gasteiger partial charge is 0.347 e. The summed E-state index contributed by atoms with van der Waals surface area (Å²) in [5.41, 5.74) is 6.49. The second kappa shape index (κ2) is 9.28. The van der Waals surface area contributed by atoms with Gasteiger partial charge in [-0.25, -0.2) is 0 Å². The summed E-state index contributed by atoms with van der Waals surface area (Å²) in [6.45, 7) is 12.5. The molecule has 170 valence electrons. The first-order chi connectivity index (χ1) is 15.3. The molecular formula is C25H34N6O. The zero-order valence-corrected chi connectivity index (χ0v) is 19.8. The lowest BCUT2D eigenvalue weighted by Crippen LogP contribution is -2.38. The van der Waals surface area contributed by atoms with E-state index in [4.69, 9.17) is 0 Å². The Bertz CT molecular complexity index is 1070. The van der Waals surface area contributed by atoms with E-state index in [9.17, 15) is 4.79 Å². The first-order valence-corrected chi connectivity index (χ1v) is 11.4. The number of H-pyrrole nitrogens is 1. The smallest absolute Gasteiger partial charge is 0.269 e. The SMILES string of the molecule is Cc1nn(C)c(C)c1-c1cc(C(=O)NCc2ccc(CN3CC(C)CC(C)C3)cc2)[nH]n1. The predicted octanol–water partition coefficient (Wildman–Crippen LogP) is 3.83. The van der Waals surface area contributed by atoms with Gasteiger partial charge < -0.3 is 5.32 Å². The van der Waals surface area contributed by atoms with Gasteiger partial charge in [-0.15, -0.1) is 0 Å². The number of amides is 1. The molecule has 2 N–H and O–H groups in total. The van der Waals surface area contributed by atoms with Crippen molar-refractivity contribution in [1.29, 1.82) is 0 Å². The van der Waals surface area contributed by atoms with Crippen LogP contribution in [0.25, 0.3) is 11.3 Å². The summed E-state index contributed by atoms with van der Waals surface area (Å²) in [6, 6.07) is 10.3. The van der Waals surface area contributed by atoms with Crippen LogP contribution in [0.5, 0.6) is 0 Å². The van der Waals surface area contributed by atoms with Crippen molar-refractivity contribution in [2.75, 3.05) is 13.1 Å². The van der Waals surface area contributed by atoms with Crippen LogP contribution in [0.4, 0.5) is 0 Å². The van der Waals surface area contributed by atoms with Crippen LogP contribution in [0.3, 0.4) is 0 Å². The van der Waals surface area contributed by atoms with Crippen molar-refractivity contribution in [3.63, 3.8) is 0 Å². The van der Waals surface area contributed by atoms with Crippen LogP contribution in [0.15, 0.2) is 30.3 Å².